The quantitative estimate of drug-likeness (QED) is 0.237. The highest BCUT2D eigenvalue weighted by Gasteiger charge is 2.28. The largest absolute Gasteiger partial charge is 0.345 e. The fourth-order valence-electron chi connectivity index (χ4n) is 3.91. The Morgan fingerprint density at radius 1 is 0.972 bits per heavy atom. The van der Waals surface area contributed by atoms with Crippen molar-refractivity contribution in [1.29, 1.82) is 0 Å². The molecule has 0 spiro atoms. The lowest BCUT2D eigenvalue weighted by Gasteiger charge is -2.27. The number of hydrogen-bond acceptors (Lipinski definition) is 3. The second-order valence-corrected chi connectivity index (χ2v) is 12.0. The first-order valence-corrected chi connectivity index (χ1v) is 14.8. The van der Waals surface area contributed by atoms with Crippen LogP contribution in [0.1, 0.15) is 44.4 Å². The molecule has 36 heavy (non-hydrogen) atoms. The van der Waals surface area contributed by atoms with E-state index in [-0.39, 0.29) is 23.9 Å². The molecule has 0 saturated carbocycles. The lowest BCUT2D eigenvalue weighted by atomic mass is 10.2. The molecule has 0 unspecified atom stereocenters. The van der Waals surface area contributed by atoms with Crippen molar-refractivity contribution in [3.8, 4) is 0 Å². The number of rotatable bonds is 13. The molecular formula is C27H33BrClN3O3S. The monoisotopic (exact) mass is 593 g/mol. The number of benzene rings is 2. The minimum atomic E-state index is -3.83. The summed E-state index contributed by atoms with van der Waals surface area (Å²) in [6.45, 7) is 5.72. The standard InChI is InChI=1S/C27H33BrClN3O3S/c1-3-5-17-31(20-25-7-6-18-30(25)19-22-8-10-23(28)11-9-22)27(33)21-32(16-4-2)36(34,35)26-14-12-24(29)13-15-26/h6-15,18H,3-5,16-17,19-21H2,1-2H3. The van der Waals surface area contributed by atoms with Crippen molar-refractivity contribution in [3.63, 3.8) is 0 Å². The molecule has 0 saturated heterocycles. The number of hydrogen-bond donors (Lipinski definition) is 0. The first-order valence-electron chi connectivity index (χ1n) is 12.2. The van der Waals surface area contributed by atoms with Gasteiger partial charge in [0.25, 0.3) is 0 Å². The Balaban J connectivity index is 1.79. The zero-order valence-electron chi connectivity index (χ0n) is 20.7. The predicted molar refractivity (Wildman–Crippen MR) is 149 cm³/mol. The summed E-state index contributed by atoms with van der Waals surface area (Å²) in [5, 5.41) is 0.462. The number of unbranched alkanes of at least 4 members (excludes halogenated alkanes) is 1. The Bertz CT molecular complexity index is 1230. The molecule has 0 radical (unpaired) electrons. The van der Waals surface area contributed by atoms with Crippen LogP contribution in [-0.4, -0.2) is 47.7 Å². The average Bonchev–Trinajstić information content (AvgIpc) is 3.29. The maximum Gasteiger partial charge on any atom is 0.243 e. The van der Waals surface area contributed by atoms with Crippen LogP contribution >= 0.6 is 27.5 Å². The van der Waals surface area contributed by atoms with Crippen LogP contribution in [0.3, 0.4) is 0 Å². The first-order chi connectivity index (χ1) is 17.2. The number of nitrogens with zero attached hydrogens (tertiary/aromatic N) is 3. The van der Waals surface area contributed by atoms with E-state index >= 15 is 0 Å². The molecule has 6 nitrogen and oxygen atoms in total. The summed E-state index contributed by atoms with van der Waals surface area (Å²) >= 11 is 9.41. The number of carbonyl (C=O) groups is 1. The third-order valence-corrected chi connectivity index (χ3v) is 8.55. The Kier molecular flexibility index (Phi) is 10.6. The lowest BCUT2D eigenvalue weighted by Crippen LogP contribution is -2.43. The Labute approximate surface area is 228 Å². The van der Waals surface area contributed by atoms with E-state index in [1.165, 1.54) is 16.4 Å². The molecule has 0 aliphatic rings. The molecule has 0 aliphatic carbocycles. The number of aromatic nitrogens is 1. The van der Waals surface area contributed by atoms with Gasteiger partial charge in [-0.3, -0.25) is 4.79 Å². The van der Waals surface area contributed by atoms with Gasteiger partial charge in [0.2, 0.25) is 15.9 Å². The van der Waals surface area contributed by atoms with Crippen LogP contribution in [0.4, 0.5) is 0 Å². The molecule has 1 amide bonds. The molecule has 194 valence electrons. The van der Waals surface area contributed by atoms with Crippen molar-refractivity contribution in [1.82, 2.24) is 13.8 Å². The van der Waals surface area contributed by atoms with E-state index in [9.17, 15) is 13.2 Å². The summed E-state index contributed by atoms with van der Waals surface area (Å²) in [5.74, 6) is -0.203. The highest BCUT2D eigenvalue weighted by atomic mass is 79.9. The Hall–Kier alpha value is -2.13. The van der Waals surface area contributed by atoms with Gasteiger partial charge in [-0.2, -0.15) is 4.31 Å². The van der Waals surface area contributed by atoms with Gasteiger partial charge in [-0.1, -0.05) is 59.9 Å². The summed E-state index contributed by atoms with van der Waals surface area (Å²) in [7, 11) is -3.83. The third-order valence-electron chi connectivity index (χ3n) is 5.91. The molecule has 2 aromatic carbocycles. The zero-order valence-corrected chi connectivity index (χ0v) is 23.9. The van der Waals surface area contributed by atoms with Crippen molar-refractivity contribution < 1.29 is 13.2 Å². The smallest absolute Gasteiger partial charge is 0.243 e. The van der Waals surface area contributed by atoms with E-state index in [1.807, 2.05) is 37.4 Å². The van der Waals surface area contributed by atoms with Crippen LogP contribution in [0.5, 0.6) is 0 Å². The van der Waals surface area contributed by atoms with Gasteiger partial charge >= 0.3 is 0 Å². The average molecular weight is 595 g/mol. The van der Waals surface area contributed by atoms with Crippen molar-refractivity contribution in [2.24, 2.45) is 0 Å². The van der Waals surface area contributed by atoms with E-state index in [4.69, 9.17) is 11.6 Å². The summed E-state index contributed by atoms with van der Waals surface area (Å²) < 4.78 is 31.1. The minimum Gasteiger partial charge on any atom is -0.345 e. The van der Waals surface area contributed by atoms with Gasteiger partial charge in [0.05, 0.1) is 18.0 Å². The number of halogens is 2. The second-order valence-electron chi connectivity index (χ2n) is 8.72. The molecule has 0 atom stereocenters. The van der Waals surface area contributed by atoms with Gasteiger partial charge in [-0.25, -0.2) is 8.42 Å². The molecule has 9 heteroatoms. The van der Waals surface area contributed by atoms with E-state index < -0.39 is 10.0 Å². The van der Waals surface area contributed by atoms with Crippen molar-refractivity contribution >= 4 is 43.5 Å². The number of carbonyl (C=O) groups excluding carboxylic acids is 1. The van der Waals surface area contributed by atoms with Crippen LogP contribution in [0.15, 0.2) is 76.2 Å². The molecule has 0 N–H and O–H groups in total. The highest BCUT2D eigenvalue weighted by Crippen LogP contribution is 2.20. The fraction of sp³-hybridized carbons (Fsp3) is 0.370. The Morgan fingerprint density at radius 2 is 1.67 bits per heavy atom. The summed E-state index contributed by atoms with van der Waals surface area (Å²) in [4.78, 5) is 15.4. The molecule has 1 heterocycles. The molecule has 3 aromatic rings. The fourth-order valence-corrected chi connectivity index (χ4v) is 5.78. The van der Waals surface area contributed by atoms with E-state index in [0.29, 0.717) is 31.1 Å². The topological polar surface area (TPSA) is 62.6 Å². The maximum atomic E-state index is 13.5. The molecule has 0 fully saturated rings. The van der Waals surface area contributed by atoms with E-state index in [1.54, 1.807) is 17.0 Å². The van der Waals surface area contributed by atoms with Crippen molar-refractivity contribution in [3.05, 3.63) is 87.6 Å². The molecule has 0 aliphatic heterocycles. The van der Waals surface area contributed by atoms with Crippen LogP contribution in [0.2, 0.25) is 5.02 Å². The van der Waals surface area contributed by atoms with Crippen LogP contribution in [0, 0.1) is 0 Å². The van der Waals surface area contributed by atoms with Gasteiger partial charge in [0, 0.05) is 41.0 Å². The summed E-state index contributed by atoms with van der Waals surface area (Å²) in [6.07, 6.45) is 4.39. The minimum absolute atomic E-state index is 0.136. The normalized spacial score (nSPS) is 11.7. The van der Waals surface area contributed by atoms with E-state index in [0.717, 1.165) is 28.6 Å². The van der Waals surface area contributed by atoms with Gasteiger partial charge in [-0.15, -0.1) is 0 Å². The van der Waals surface area contributed by atoms with Gasteiger partial charge < -0.3 is 9.47 Å². The molecule has 3 rings (SSSR count). The van der Waals surface area contributed by atoms with Crippen molar-refractivity contribution in [2.75, 3.05) is 19.6 Å². The summed E-state index contributed by atoms with van der Waals surface area (Å²) in [5.41, 5.74) is 2.16. The lowest BCUT2D eigenvalue weighted by molar-refractivity contribution is -0.132. The van der Waals surface area contributed by atoms with Gasteiger partial charge in [-0.05, 0) is 66.9 Å². The van der Waals surface area contributed by atoms with Crippen LogP contribution in [0.25, 0.3) is 0 Å². The molecule has 1 aromatic heterocycles. The van der Waals surface area contributed by atoms with Crippen LogP contribution in [-0.2, 0) is 27.9 Å². The Morgan fingerprint density at radius 3 is 2.31 bits per heavy atom. The van der Waals surface area contributed by atoms with Gasteiger partial charge in [0.15, 0.2) is 0 Å². The zero-order chi connectivity index (χ0) is 26.1. The first kappa shape index (κ1) is 28.4. The highest BCUT2D eigenvalue weighted by molar-refractivity contribution is 9.10. The maximum absolute atomic E-state index is 13.5. The van der Waals surface area contributed by atoms with Crippen molar-refractivity contribution in [2.45, 2.75) is 51.1 Å². The molecular weight excluding hydrogens is 562 g/mol. The van der Waals surface area contributed by atoms with Crippen LogP contribution < -0.4 is 0 Å². The van der Waals surface area contributed by atoms with E-state index in [2.05, 4.69) is 39.6 Å². The second kappa shape index (κ2) is 13.4. The number of amides is 1. The summed E-state index contributed by atoms with van der Waals surface area (Å²) in [6, 6.07) is 18.2. The predicted octanol–water partition coefficient (Wildman–Crippen LogP) is 6.18. The van der Waals surface area contributed by atoms with Gasteiger partial charge in [0.1, 0.15) is 0 Å². The third kappa shape index (κ3) is 7.68. The SMILES string of the molecule is CCCCN(Cc1cccn1Cc1ccc(Br)cc1)C(=O)CN(CCC)S(=O)(=O)c1ccc(Cl)cc1. The molecule has 0 bridgehead atoms. The number of sulfonamides is 1.